The summed E-state index contributed by atoms with van der Waals surface area (Å²) in [6.07, 6.45) is 4.80. The van der Waals surface area contributed by atoms with E-state index in [1.54, 1.807) is 7.05 Å². The van der Waals surface area contributed by atoms with E-state index >= 15 is 0 Å². The van der Waals surface area contributed by atoms with Crippen LogP contribution in [0.1, 0.15) is 17.5 Å². The highest BCUT2D eigenvalue weighted by atomic mass is 16.5. The van der Waals surface area contributed by atoms with Crippen molar-refractivity contribution in [3.8, 4) is 11.5 Å². The summed E-state index contributed by atoms with van der Waals surface area (Å²) >= 11 is 0. The van der Waals surface area contributed by atoms with E-state index in [0.717, 1.165) is 35.7 Å². The van der Waals surface area contributed by atoms with Gasteiger partial charge in [-0.15, -0.1) is 0 Å². The quantitative estimate of drug-likeness (QED) is 0.516. The third-order valence-electron chi connectivity index (χ3n) is 4.57. The largest absolute Gasteiger partial charge is 0.490 e. The van der Waals surface area contributed by atoms with Gasteiger partial charge in [-0.3, -0.25) is 9.67 Å². The molecule has 150 valence electrons. The maximum Gasteiger partial charge on any atom is 0.195 e. The Bertz CT molecular complexity index is 968. The zero-order chi connectivity index (χ0) is 19.9. The number of fused-ring (bicyclic) bond motifs is 1. The predicted octanol–water partition coefficient (Wildman–Crippen LogP) is 3.28. The first-order valence-corrected chi connectivity index (χ1v) is 9.73. The Balaban J connectivity index is 1.34. The topological polar surface area (TPSA) is 72.7 Å². The Labute approximate surface area is 170 Å². The standard InChI is InChI=1S/C22H25N5O2/c1-23-22(26-19-8-9-20-21(12-19)29-11-5-10-28-20)24-13-18-14-25-27(16-18)15-17-6-3-2-4-7-17/h2-4,6-9,12,14,16H,5,10-11,13,15H2,1H3,(H2,23,24,26). The lowest BCUT2D eigenvalue weighted by molar-refractivity contribution is 0.297. The van der Waals surface area contributed by atoms with Gasteiger partial charge in [0.25, 0.3) is 0 Å². The maximum atomic E-state index is 5.75. The smallest absolute Gasteiger partial charge is 0.195 e. The molecule has 2 N–H and O–H groups in total. The first-order chi connectivity index (χ1) is 14.3. The summed E-state index contributed by atoms with van der Waals surface area (Å²) in [7, 11) is 1.75. The van der Waals surface area contributed by atoms with Gasteiger partial charge in [0.05, 0.1) is 26.0 Å². The van der Waals surface area contributed by atoms with E-state index in [2.05, 4.69) is 32.9 Å². The van der Waals surface area contributed by atoms with E-state index in [9.17, 15) is 0 Å². The second kappa shape index (κ2) is 9.14. The molecule has 0 aliphatic carbocycles. The summed E-state index contributed by atoms with van der Waals surface area (Å²) in [6, 6.07) is 16.1. The third-order valence-corrected chi connectivity index (χ3v) is 4.57. The number of anilines is 1. The number of rotatable bonds is 5. The number of ether oxygens (including phenoxy) is 2. The molecule has 1 aromatic heterocycles. The number of nitrogens with zero attached hydrogens (tertiary/aromatic N) is 3. The zero-order valence-electron chi connectivity index (χ0n) is 16.5. The number of hydrogen-bond acceptors (Lipinski definition) is 4. The summed E-state index contributed by atoms with van der Waals surface area (Å²) in [5.74, 6) is 2.21. The lowest BCUT2D eigenvalue weighted by Crippen LogP contribution is -2.30. The van der Waals surface area contributed by atoms with Gasteiger partial charge in [0.2, 0.25) is 0 Å². The fourth-order valence-corrected chi connectivity index (χ4v) is 3.10. The van der Waals surface area contributed by atoms with Gasteiger partial charge in [-0.1, -0.05) is 30.3 Å². The Morgan fingerprint density at radius 3 is 2.72 bits per heavy atom. The molecule has 0 fully saturated rings. The molecular weight excluding hydrogens is 366 g/mol. The van der Waals surface area contributed by atoms with Crippen molar-refractivity contribution in [1.82, 2.24) is 15.1 Å². The van der Waals surface area contributed by atoms with Crippen molar-refractivity contribution in [2.45, 2.75) is 19.5 Å². The van der Waals surface area contributed by atoms with E-state index in [1.165, 1.54) is 5.56 Å². The van der Waals surface area contributed by atoms with Crippen LogP contribution in [0.3, 0.4) is 0 Å². The van der Waals surface area contributed by atoms with Gasteiger partial charge >= 0.3 is 0 Å². The normalized spacial score (nSPS) is 13.6. The number of benzene rings is 2. The number of nitrogens with one attached hydrogen (secondary N) is 2. The highest BCUT2D eigenvalue weighted by molar-refractivity contribution is 5.93. The van der Waals surface area contributed by atoms with Crippen LogP contribution in [-0.4, -0.2) is 36.0 Å². The molecule has 0 amide bonds. The molecule has 4 rings (SSSR count). The summed E-state index contributed by atoms with van der Waals surface area (Å²) in [5, 5.41) is 11.1. The number of hydrogen-bond donors (Lipinski definition) is 2. The van der Waals surface area contributed by atoms with Crippen LogP contribution in [0.5, 0.6) is 11.5 Å². The van der Waals surface area contributed by atoms with Crippen molar-refractivity contribution in [2.75, 3.05) is 25.6 Å². The Hall–Kier alpha value is -3.48. The maximum absolute atomic E-state index is 5.75. The molecular formula is C22H25N5O2. The number of aromatic nitrogens is 2. The zero-order valence-corrected chi connectivity index (χ0v) is 16.5. The Kier molecular flexibility index (Phi) is 5.95. The molecule has 3 aromatic rings. The minimum atomic E-state index is 0.624. The Morgan fingerprint density at radius 2 is 1.90 bits per heavy atom. The lowest BCUT2D eigenvalue weighted by Gasteiger charge is -2.13. The molecule has 0 atom stereocenters. The predicted molar refractivity (Wildman–Crippen MR) is 114 cm³/mol. The van der Waals surface area contributed by atoms with E-state index in [1.807, 2.05) is 53.5 Å². The molecule has 2 heterocycles. The molecule has 0 bridgehead atoms. The van der Waals surface area contributed by atoms with Crippen molar-refractivity contribution >= 4 is 11.6 Å². The highest BCUT2D eigenvalue weighted by Crippen LogP contribution is 2.32. The van der Waals surface area contributed by atoms with Gasteiger partial charge in [0, 0.05) is 43.5 Å². The lowest BCUT2D eigenvalue weighted by atomic mass is 10.2. The summed E-state index contributed by atoms with van der Waals surface area (Å²) in [6.45, 7) is 2.72. The molecule has 1 aliphatic rings. The van der Waals surface area contributed by atoms with Crippen LogP contribution in [0.2, 0.25) is 0 Å². The molecule has 29 heavy (non-hydrogen) atoms. The first-order valence-electron chi connectivity index (χ1n) is 9.73. The number of guanidine groups is 1. The number of aliphatic imine (C=N–C) groups is 1. The summed E-state index contributed by atoms with van der Waals surface area (Å²) in [4.78, 5) is 4.30. The summed E-state index contributed by atoms with van der Waals surface area (Å²) in [5.41, 5.74) is 3.20. The highest BCUT2D eigenvalue weighted by Gasteiger charge is 2.11. The van der Waals surface area contributed by atoms with E-state index in [-0.39, 0.29) is 0 Å². The second-order valence-electron chi connectivity index (χ2n) is 6.79. The SMILES string of the molecule is CN=C(NCc1cnn(Cc2ccccc2)c1)Nc1ccc2c(c1)OCCCO2. The fraction of sp³-hybridized carbons (Fsp3) is 0.273. The molecule has 1 aliphatic heterocycles. The molecule has 7 nitrogen and oxygen atoms in total. The fourth-order valence-electron chi connectivity index (χ4n) is 3.10. The van der Waals surface area contributed by atoms with Crippen molar-refractivity contribution < 1.29 is 9.47 Å². The molecule has 0 radical (unpaired) electrons. The van der Waals surface area contributed by atoms with E-state index in [0.29, 0.717) is 25.7 Å². The minimum absolute atomic E-state index is 0.624. The van der Waals surface area contributed by atoms with Crippen LogP contribution in [0.4, 0.5) is 5.69 Å². The first kappa shape index (κ1) is 18.9. The molecule has 7 heteroatoms. The van der Waals surface area contributed by atoms with Crippen molar-refractivity contribution in [3.05, 3.63) is 72.1 Å². The van der Waals surface area contributed by atoms with Gasteiger partial charge in [-0.05, 0) is 17.7 Å². The van der Waals surface area contributed by atoms with E-state index < -0.39 is 0 Å². The molecule has 0 saturated carbocycles. The Morgan fingerprint density at radius 1 is 1.07 bits per heavy atom. The van der Waals surface area contributed by atoms with Crippen LogP contribution in [0.25, 0.3) is 0 Å². The van der Waals surface area contributed by atoms with Crippen LogP contribution in [-0.2, 0) is 13.1 Å². The molecule has 0 spiro atoms. The molecule has 0 saturated heterocycles. The average Bonchev–Trinajstić information content (AvgIpc) is 3.06. The van der Waals surface area contributed by atoms with Gasteiger partial charge in [-0.2, -0.15) is 5.10 Å². The van der Waals surface area contributed by atoms with Crippen LogP contribution >= 0.6 is 0 Å². The average molecular weight is 391 g/mol. The monoisotopic (exact) mass is 391 g/mol. The minimum Gasteiger partial charge on any atom is -0.490 e. The van der Waals surface area contributed by atoms with Gasteiger partial charge in [0.1, 0.15) is 0 Å². The van der Waals surface area contributed by atoms with Crippen LogP contribution in [0, 0.1) is 0 Å². The second-order valence-corrected chi connectivity index (χ2v) is 6.79. The summed E-state index contributed by atoms with van der Waals surface area (Å²) < 4.78 is 13.4. The van der Waals surface area contributed by atoms with Gasteiger partial charge in [0.15, 0.2) is 17.5 Å². The van der Waals surface area contributed by atoms with Crippen molar-refractivity contribution in [3.63, 3.8) is 0 Å². The van der Waals surface area contributed by atoms with Gasteiger partial charge in [-0.25, -0.2) is 0 Å². The molecule has 0 unspecified atom stereocenters. The van der Waals surface area contributed by atoms with Crippen LogP contribution in [0.15, 0.2) is 65.9 Å². The van der Waals surface area contributed by atoms with Gasteiger partial charge < -0.3 is 20.1 Å². The van der Waals surface area contributed by atoms with E-state index in [4.69, 9.17) is 9.47 Å². The van der Waals surface area contributed by atoms with Crippen LogP contribution < -0.4 is 20.1 Å². The van der Waals surface area contributed by atoms with Crippen molar-refractivity contribution in [2.24, 2.45) is 4.99 Å². The van der Waals surface area contributed by atoms with Crippen molar-refractivity contribution in [1.29, 1.82) is 0 Å². The molecule has 2 aromatic carbocycles. The third kappa shape index (κ3) is 5.07.